The largest absolute Gasteiger partial charge is 0.508 e. The molecule has 3 atom stereocenters. The van der Waals surface area contributed by atoms with E-state index >= 15 is 0 Å². The number of primary amides is 1. The van der Waals surface area contributed by atoms with Crippen LogP contribution in [0.1, 0.15) is 40.7 Å². The number of phenols is 1. The molecule has 0 radical (unpaired) electrons. The van der Waals surface area contributed by atoms with E-state index in [0.717, 1.165) is 16.9 Å². The Balaban J connectivity index is 1.37. The molecule has 0 bridgehead atoms. The lowest BCUT2D eigenvalue weighted by Crippen LogP contribution is -2.58. The minimum absolute atomic E-state index is 0.0182. The zero-order chi connectivity index (χ0) is 28.7. The van der Waals surface area contributed by atoms with E-state index in [1.54, 1.807) is 7.11 Å². The fourth-order valence-corrected chi connectivity index (χ4v) is 7.05. The Morgan fingerprint density at radius 3 is 2.58 bits per heavy atom. The number of rotatable bonds is 4. The molecule has 1 heterocycles. The van der Waals surface area contributed by atoms with Crippen molar-refractivity contribution in [1.29, 1.82) is 0 Å². The molecule has 2 aromatic carbocycles. The summed E-state index contributed by atoms with van der Waals surface area (Å²) in [5.74, 6) is -5.90. The van der Waals surface area contributed by atoms with Crippen molar-refractivity contribution in [2.75, 3.05) is 7.11 Å². The summed E-state index contributed by atoms with van der Waals surface area (Å²) in [6.45, 7) is 1.76. The number of fused-ring (bicyclic) bond motifs is 4. The molecule has 1 fully saturated rings. The van der Waals surface area contributed by atoms with Gasteiger partial charge in [0, 0.05) is 42.6 Å². The van der Waals surface area contributed by atoms with E-state index in [4.69, 9.17) is 22.1 Å². The second kappa shape index (κ2) is 9.09. The molecular formula is C29H27ClN2O8. The first kappa shape index (κ1) is 26.4. The Hall–Kier alpha value is -3.86. The molecule has 6 rings (SSSR count). The zero-order valence-corrected chi connectivity index (χ0v) is 22.3. The minimum atomic E-state index is -2.59. The molecule has 1 aliphatic heterocycles. The Morgan fingerprint density at radius 1 is 1.15 bits per heavy atom. The summed E-state index contributed by atoms with van der Waals surface area (Å²) in [4.78, 5) is 40.1. The van der Waals surface area contributed by atoms with Gasteiger partial charge in [-0.05, 0) is 59.2 Å². The molecule has 6 N–H and O–H groups in total. The van der Waals surface area contributed by atoms with Crippen LogP contribution >= 0.6 is 11.6 Å². The first-order valence-corrected chi connectivity index (χ1v) is 13.2. The number of carbonyl (C=O) groups excluding carboxylic acids is 3. The molecule has 1 amide bonds. The van der Waals surface area contributed by atoms with Crippen LogP contribution in [0.15, 0.2) is 41.2 Å². The highest BCUT2D eigenvalue weighted by molar-refractivity contribution is 6.32. The topological polar surface area (TPSA) is 171 Å². The second-order valence-corrected chi connectivity index (χ2v) is 11.3. The van der Waals surface area contributed by atoms with Crippen molar-refractivity contribution in [3.8, 4) is 11.5 Å². The summed E-state index contributed by atoms with van der Waals surface area (Å²) in [5, 5.41) is 44.6. The van der Waals surface area contributed by atoms with Crippen LogP contribution in [0.25, 0.3) is 5.76 Å². The van der Waals surface area contributed by atoms with Gasteiger partial charge in [0.1, 0.15) is 28.6 Å². The highest BCUT2D eigenvalue weighted by Gasteiger charge is 2.60. The highest BCUT2D eigenvalue weighted by atomic mass is 35.5. The van der Waals surface area contributed by atoms with Gasteiger partial charge in [0.25, 0.3) is 5.91 Å². The quantitative estimate of drug-likeness (QED) is 0.349. The Bertz CT molecular complexity index is 1590. The molecule has 1 saturated carbocycles. The van der Waals surface area contributed by atoms with E-state index in [2.05, 4.69) is 4.90 Å². The number of aliphatic hydroxyl groups is 3. The number of ketones is 2. The van der Waals surface area contributed by atoms with E-state index in [1.807, 2.05) is 18.2 Å². The zero-order valence-electron chi connectivity index (χ0n) is 21.5. The summed E-state index contributed by atoms with van der Waals surface area (Å²) in [5.41, 5.74) is 5.00. The third kappa shape index (κ3) is 3.67. The van der Waals surface area contributed by atoms with E-state index in [0.29, 0.717) is 35.8 Å². The van der Waals surface area contributed by atoms with Crippen molar-refractivity contribution in [3.63, 3.8) is 0 Å². The van der Waals surface area contributed by atoms with Gasteiger partial charge in [0.2, 0.25) is 5.78 Å². The monoisotopic (exact) mass is 566 g/mol. The number of nitrogens with zero attached hydrogens (tertiary/aromatic N) is 1. The lowest BCUT2D eigenvalue weighted by atomic mass is 9.59. The third-order valence-electron chi connectivity index (χ3n) is 8.67. The summed E-state index contributed by atoms with van der Waals surface area (Å²) in [6.07, 6.45) is -0.166. The molecular weight excluding hydrogens is 540 g/mol. The normalized spacial score (nSPS) is 25.9. The molecule has 0 unspecified atom stereocenters. The third-order valence-corrected chi connectivity index (χ3v) is 9.14. The average Bonchev–Trinajstić information content (AvgIpc) is 3.30. The maximum Gasteiger partial charge on any atom is 0.255 e. The number of benzene rings is 2. The van der Waals surface area contributed by atoms with Crippen LogP contribution in [-0.4, -0.2) is 55.5 Å². The van der Waals surface area contributed by atoms with Crippen LogP contribution in [0.4, 0.5) is 0 Å². The molecule has 4 aliphatic rings. The highest BCUT2D eigenvalue weighted by Crippen LogP contribution is 2.53. The summed E-state index contributed by atoms with van der Waals surface area (Å²) < 4.78 is 5.32. The van der Waals surface area contributed by atoms with Crippen molar-refractivity contribution < 1.29 is 39.5 Å². The van der Waals surface area contributed by atoms with Crippen molar-refractivity contribution >= 4 is 34.8 Å². The van der Waals surface area contributed by atoms with Gasteiger partial charge < -0.3 is 30.9 Å². The van der Waals surface area contributed by atoms with E-state index in [9.17, 15) is 34.8 Å². The van der Waals surface area contributed by atoms with E-state index in [-0.39, 0.29) is 36.1 Å². The lowest BCUT2D eigenvalue weighted by Gasteiger charge is -2.46. The number of nitrogens with two attached hydrogens (primary N) is 1. The SMILES string of the molecule is COc1ccc2c(c1)CN(Cc1cc(O)c3c(c1Cl)C[C@H]1C[C@H]4CC(=O)C(C(N)=O)=C(O)[C@@]4(O)C(=O)C1=C3O)C2. The summed E-state index contributed by atoms with van der Waals surface area (Å²) in [7, 11) is 1.61. The number of Topliss-reactive ketones (excluding diaryl/α,β-unsaturated/α-hetero) is 2. The van der Waals surface area contributed by atoms with Gasteiger partial charge in [-0.1, -0.05) is 17.7 Å². The second-order valence-electron chi connectivity index (χ2n) is 10.9. The minimum Gasteiger partial charge on any atom is -0.508 e. The van der Waals surface area contributed by atoms with Gasteiger partial charge in [-0.15, -0.1) is 0 Å². The number of hydrogen-bond acceptors (Lipinski definition) is 9. The van der Waals surface area contributed by atoms with Gasteiger partial charge in [-0.3, -0.25) is 19.3 Å². The predicted molar refractivity (Wildman–Crippen MR) is 142 cm³/mol. The molecule has 0 saturated heterocycles. The van der Waals surface area contributed by atoms with Gasteiger partial charge in [0.05, 0.1) is 12.7 Å². The van der Waals surface area contributed by atoms with Crippen molar-refractivity contribution in [2.45, 2.75) is 44.5 Å². The average molecular weight is 567 g/mol. The van der Waals surface area contributed by atoms with Crippen LogP contribution in [0.3, 0.4) is 0 Å². The maximum absolute atomic E-state index is 13.6. The predicted octanol–water partition coefficient (Wildman–Crippen LogP) is 2.60. The van der Waals surface area contributed by atoms with E-state index in [1.165, 1.54) is 6.07 Å². The maximum atomic E-state index is 13.6. The number of carbonyl (C=O) groups is 3. The number of aliphatic hydroxyl groups excluding tert-OH is 2. The van der Waals surface area contributed by atoms with Crippen LogP contribution in [0.5, 0.6) is 11.5 Å². The molecule has 10 nitrogen and oxygen atoms in total. The Kier molecular flexibility index (Phi) is 5.99. The van der Waals surface area contributed by atoms with Crippen molar-refractivity contribution in [3.05, 3.63) is 74.0 Å². The van der Waals surface area contributed by atoms with Gasteiger partial charge in [0.15, 0.2) is 11.4 Å². The smallest absolute Gasteiger partial charge is 0.255 e. The molecule has 0 spiro atoms. The number of halogens is 1. The van der Waals surface area contributed by atoms with Gasteiger partial charge in [-0.25, -0.2) is 0 Å². The van der Waals surface area contributed by atoms with Gasteiger partial charge in [-0.2, -0.15) is 0 Å². The lowest BCUT2D eigenvalue weighted by molar-refractivity contribution is -0.147. The molecule has 40 heavy (non-hydrogen) atoms. The molecule has 3 aliphatic carbocycles. The van der Waals surface area contributed by atoms with Crippen LogP contribution in [-0.2, 0) is 40.4 Å². The summed E-state index contributed by atoms with van der Waals surface area (Å²) >= 11 is 6.86. The van der Waals surface area contributed by atoms with Crippen LogP contribution in [0.2, 0.25) is 5.02 Å². The standard InChI is InChI=1S/C29H27ClN2O8/c1-40-17-3-2-12-9-32(10-14(12)5-17)11-15-7-19(33)22-18(24(15)30)6-13-4-16-8-20(34)23(28(31)38)27(37)29(16,39)26(36)21(13)25(22)35/h2-3,5,7,13,16,33,35,37,39H,4,6,8-11H2,1H3,(H2,31,38)/t13-,16+,29+/m1/s1. The molecule has 2 aromatic rings. The number of ether oxygens (including phenoxy) is 1. The number of amides is 1. The fraction of sp³-hybridized carbons (Fsp3) is 0.345. The number of phenolic OH excluding ortho intramolecular Hbond substituents is 1. The van der Waals surface area contributed by atoms with Crippen LogP contribution < -0.4 is 10.5 Å². The Morgan fingerprint density at radius 2 is 1.88 bits per heavy atom. The van der Waals surface area contributed by atoms with E-state index < -0.39 is 52.0 Å². The molecule has 208 valence electrons. The molecule has 11 heteroatoms. The van der Waals surface area contributed by atoms with Crippen molar-refractivity contribution in [2.24, 2.45) is 17.6 Å². The Labute approximate surface area is 233 Å². The summed E-state index contributed by atoms with van der Waals surface area (Å²) in [6, 6.07) is 7.36. The van der Waals surface area contributed by atoms with Gasteiger partial charge >= 0.3 is 0 Å². The van der Waals surface area contributed by atoms with Crippen molar-refractivity contribution in [1.82, 2.24) is 4.90 Å². The van der Waals surface area contributed by atoms with Crippen LogP contribution in [0, 0.1) is 11.8 Å². The fourth-order valence-electron chi connectivity index (χ4n) is 6.76. The number of hydrogen-bond donors (Lipinski definition) is 5. The first-order chi connectivity index (χ1) is 18.9. The number of aromatic hydroxyl groups is 1. The number of methoxy groups -OCH3 is 1. The first-order valence-electron chi connectivity index (χ1n) is 12.8. The molecule has 0 aromatic heterocycles.